The second kappa shape index (κ2) is 5.83. The van der Waals surface area contributed by atoms with Crippen molar-refractivity contribution < 1.29 is 9.90 Å². The van der Waals surface area contributed by atoms with Gasteiger partial charge in [0.15, 0.2) is 0 Å². The van der Waals surface area contributed by atoms with E-state index in [9.17, 15) is 4.79 Å². The van der Waals surface area contributed by atoms with Gasteiger partial charge in [0, 0.05) is 18.6 Å². The first kappa shape index (κ1) is 12.8. The second-order valence-corrected chi connectivity index (χ2v) is 5.55. The molecule has 0 aliphatic carbocycles. The lowest BCUT2D eigenvalue weighted by Crippen LogP contribution is -2.47. The summed E-state index contributed by atoms with van der Waals surface area (Å²) in [5, 5.41) is 12.4. The topological polar surface area (TPSA) is 52.6 Å². The van der Waals surface area contributed by atoms with Crippen molar-refractivity contribution in [1.29, 1.82) is 0 Å². The third-order valence-electron chi connectivity index (χ3n) is 4.25. The molecule has 2 heterocycles. The van der Waals surface area contributed by atoms with Crippen molar-refractivity contribution in [2.45, 2.75) is 51.1 Å². The number of carboxylic acid groups (broad SMARTS) is 1. The van der Waals surface area contributed by atoms with Gasteiger partial charge in [-0.05, 0) is 51.6 Å². The summed E-state index contributed by atoms with van der Waals surface area (Å²) in [4.78, 5) is 13.1. The van der Waals surface area contributed by atoms with E-state index in [0.29, 0.717) is 6.04 Å². The molecule has 3 unspecified atom stereocenters. The highest BCUT2D eigenvalue weighted by molar-refractivity contribution is 5.67. The van der Waals surface area contributed by atoms with Crippen LogP contribution in [0.4, 0.5) is 0 Å². The minimum absolute atomic E-state index is 0.178. The van der Waals surface area contributed by atoms with E-state index in [-0.39, 0.29) is 12.5 Å². The zero-order valence-corrected chi connectivity index (χ0v) is 10.7. The maximum atomic E-state index is 10.8. The lowest BCUT2D eigenvalue weighted by atomic mass is 9.89. The molecule has 0 aromatic rings. The number of carboxylic acids is 1. The third-order valence-corrected chi connectivity index (χ3v) is 4.25. The van der Waals surface area contributed by atoms with E-state index >= 15 is 0 Å². The van der Waals surface area contributed by atoms with E-state index in [1.54, 1.807) is 0 Å². The van der Waals surface area contributed by atoms with Crippen LogP contribution in [0, 0.1) is 5.92 Å². The molecule has 2 N–H and O–H groups in total. The monoisotopic (exact) mass is 240 g/mol. The summed E-state index contributed by atoms with van der Waals surface area (Å²) in [6.45, 7) is 5.34. The van der Waals surface area contributed by atoms with Gasteiger partial charge in [-0.15, -0.1) is 0 Å². The molecule has 0 radical (unpaired) electrons. The van der Waals surface area contributed by atoms with E-state index in [2.05, 4.69) is 10.2 Å². The molecule has 2 aliphatic rings. The minimum Gasteiger partial charge on any atom is -0.481 e. The Bertz CT molecular complexity index is 264. The van der Waals surface area contributed by atoms with E-state index in [1.807, 2.05) is 6.92 Å². The van der Waals surface area contributed by atoms with Crippen LogP contribution in [0.1, 0.15) is 39.0 Å². The first-order valence-corrected chi connectivity index (χ1v) is 6.86. The van der Waals surface area contributed by atoms with Crippen LogP contribution >= 0.6 is 0 Å². The van der Waals surface area contributed by atoms with Crippen molar-refractivity contribution in [3.8, 4) is 0 Å². The maximum Gasteiger partial charge on any atom is 0.304 e. The predicted molar refractivity (Wildman–Crippen MR) is 67.0 cm³/mol. The number of nitrogens with one attached hydrogen (secondary N) is 1. The molecule has 0 aromatic heterocycles. The van der Waals surface area contributed by atoms with Crippen LogP contribution in [0.2, 0.25) is 0 Å². The van der Waals surface area contributed by atoms with E-state index < -0.39 is 5.97 Å². The molecule has 0 bridgehead atoms. The van der Waals surface area contributed by atoms with Gasteiger partial charge in [-0.25, -0.2) is 0 Å². The lowest BCUT2D eigenvalue weighted by Gasteiger charge is -2.38. The van der Waals surface area contributed by atoms with Crippen molar-refractivity contribution in [3.63, 3.8) is 0 Å². The number of hydrogen-bond donors (Lipinski definition) is 2. The number of likely N-dealkylation sites (tertiary alicyclic amines) is 1. The molecule has 0 saturated carbocycles. The highest BCUT2D eigenvalue weighted by Gasteiger charge is 2.30. The molecule has 4 nitrogen and oxygen atoms in total. The van der Waals surface area contributed by atoms with Crippen LogP contribution in [0.15, 0.2) is 0 Å². The Kier molecular flexibility index (Phi) is 4.40. The Morgan fingerprint density at radius 3 is 2.94 bits per heavy atom. The Morgan fingerprint density at radius 2 is 2.29 bits per heavy atom. The Balaban J connectivity index is 1.85. The number of aliphatic carboxylic acids is 1. The summed E-state index contributed by atoms with van der Waals surface area (Å²) in [6, 6.07) is 0.853. The Morgan fingerprint density at radius 1 is 1.47 bits per heavy atom. The van der Waals surface area contributed by atoms with Gasteiger partial charge in [0.2, 0.25) is 0 Å². The number of hydrogen-bond acceptors (Lipinski definition) is 3. The average molecular weight is 240 g/mol. The summed E-state index contributed by atoms with van der Waals surface area (Å²) in [5.41, 5.74) is 0. The van der Waals surface area contributed by atoms with Crippen LogP contribution in [0.3, 0.4) is 0 Å². The van der Waals surface area contributed by atoms with Crippen LogP contribution in [-0.4, -0.2) is 47.7 Å². The molecule has 4 heteroatoms. The van der Waals surface area contributed by atoms with Gasteiger partial charge >= 0.3 is 5.97 Å². The fourth-order valence-corrected chi connectivity index (χ4v) is 3.26. The molecule has 2 fully saturated rings. The van der Waals surface area contributed by atoms with Crippen LogP contribution in [0.25, 0.3) is 0 Å². The van der Waals surface area contributed by atoms with E-state index in [4.69, 9.17) is 5.11 Å². The van der Waals surface area contributed by atoms with Gasteiger partial charge in [0.05, 0.1) is 6.42 Å². The largest absolute Gasteiger partial charge is 0.481 e. The predicted octanol–water partition coefficient (Wildman–Crippen LogP) is 1.31. The zero-order chi connectivity index (χ0) is 12.3. The average Bonchev–Trinajstić information content (AvgIpc) is 2.82. The Hall–Kier alpha value is -0.610. The molecule has 2 rings (SSSR count). The fraction of sp³-hybridized carbons (Fsp3) is 0.923. The number of piperidine rings is 1. The Labute approximate surface area is 103 Å². The second-order valence-electron chi connectivity index (χ2n) is 5.55. The van der Waals surface area contributed by atoms with Gasteiger partial charge < -0.3 is 10.4 Å². The molecule has 0 aromatic carbocycles. The van der Waals surface area contributed by atoms with Crippen molar-refractivity contribution in [3.05, 3.63) is 0 Å². The molecule has 98 valence electrons. The summed E-state index contributed by atoms with van der Waals surface area (Å²) >= 11 is 0. The quantitative estimate of drug-likeness (QED) is 0.778. The normalized spacial score (nSPS) is 32.5. The van der Waals surface area contributed by atoms with Gasteiger partial charge in [0.1, 0.15) is 0 Å². The maximum absolute atomic E-state index is 10.8. The first-order valence-electron chi connectivity index (χ1n) is 6.86. The van der Waals surface area contributed by atoms with Gasteiger partial charge in [-0.2, -0.15) is 0 Å². The molecule has 2 saturated heterocycles. The van der Waals surface area contributed by atoms with Gasteiger partial charge in [-0.1, -0.05) is 0 Å². The van der Waals surface area contributed by atoms with Crippen LogP contribution in [0.5, 0.6) is 0 Å². The number of carbonyl (C=O) groups is 1. The standard InChI is InChI=1S/C13H24N2O2/c1-10(8-13(16)17)15-7-3-4-11(9-15)12-5-2-6-14-12/h10-12,14H,2-9H2,1H3,(H,16,17). The van der Waals surface area contributed by atoms with Crippen molar-refractivity contribution in [2.75, 3.05) is 19.6 Å². The molecular weight excluding hydrogens is 216 g/mol. The number of nitrogens with zero attached hydrogens (tertiary/aromatic N) is 1. The zero-order valence-electron chi connectivity index (χ0n) is 10.7. The first-order chi connectivity index (χ1) is 8.16. The SMILES string of the molecule is CC(CC(=O)O)N1CCCC(C2CCCN2)C1. The highest BCUT2D eigenvalue weighted by atomic mass is 16.4. The minimum atomic E-state index is -0.682. The van der Waals surface area contributed by atoms with E-state index in [0.717, 1.165) is 25.6 Å². The van der Waals surface area contributed by atoms with Crippen molar-refractivity contribution >= 4 is 5.97 Å². The molecule has 3 atom stereocenters. The third kappa shape index (κ3) is 3.42. The summed E-state index contributed by atoms with van der Waals surface area (Å²) in [7, 11) is 0. The van der Waals surface area contributed by atoms with E-state index in [1.165, 1.54) is 25.7 Å². The molecule has 17 heavy (non-hydrogen) atoms. The van der Waals surface area contributed by atoms with Gasteiger partial charge in [0.25, 0.3) is 0 Å². The van der Waals surface area contributed by atoms with Crippen molar-refractivity contribution in [2.24, 2.45) is 5.92 Å². The summed E-state index contributed by atoms with van der Waals surface area (Å²) < 4.78 is 0. The fourth-order valence-electron chi connectivity index (χ4n) is 3.26. The molecule has 2 aliphatic heterocycles. The molecule has 0 amide bonds. The van der Waals surface area contributed by atoms with Crippen LogP contribution in [-0.2, 0) is 4.79 Å². The summed E-state index contributed by atoms with van der Waals surface area (Å²) in [5.74, 6) is 0.0427. The molecular formula is C13H24N2O2. The lowest BCUT2D eigenvalue weighted by molar-refractivity contribution is -0.138. The molecule has 0 spiro atoms. The van der Waals surface area contributed by atoms with Crippen LogP contribution < -0.4 is 5.32 Å². The van der Waals surface area contributed by atoms with Gasteiger partial charge in [-0.3, -0.25) is 9.69 Å². The van der Waals surface area contributed by atoms with Crippen molar-refractivity contribution in [1.82, 2.24) is 10.2 Å². The summed E-state index contributed by atoms with van der Waals surface area (Å²) in [6.07, 6.45) is 5.38. The highest BCUT2D eigenvalue weighted by Crippen LogP contribution is 2.26. The smallest absolute Gasteiger partial charge is 0.304 e. The number of rotatable bonds is 4.